The van der Waals surface area contributed by atoms with E-state index in [9.17, 15) is 13.2 Å². The third-order valence-electron chi connectivity index (χ3n) is 2.69. The third kappa shape index (κ3) is 4.30. The molecule has 0 unspecified atom stereocenters. The van der Waals surface area contributed by atoms with Crippen LogP contribution in [0.4, 0.5) is 5.13 Å². The van der Waals surface area contributed by atoms with E-state index in [-0.39, 0.29) is 10.9 Å². The van der Waals surface area contributed by atoms with Crippen LogP contribution in [0.3, 0.4) is 0 Å². The molecule has 0 spiro atoms. The fourth-order valence-electron chi connectivity index (χ4n) is 1.63. The van der Waals surface area contributed by atoms with Crippen molar-refractivity contribution in [2.45, 2.75) is 24.2 Å². The Balaban J connectivity index is 1.93. The molecule has 7 nitrogen and oxygen atoms in total. The highest BCUT2D eigenvalue weighted by Gasteiger charge is 2.16. The van der Waals surface area contributed by atoms with Gasteiger partial charge in [-0.15, -0.1) is 11.3 Å². The highest BCUT2D eigenvalue weighted by Crippen LogP contribution is 2.20. The van der Waals surface area contributed by atoms with Crippen LogP contribution in [-0.2, 0) is 26.0 Å². The third-order valence-corrected chi connectivity index (χ3v) is 4.97. The number of sulfonamides is 1. The fraction of sp³-hybridized carbons (Fsp3) is 0.333. The minimum absolute atomic E-state index is 0.157. The Bertz CT molecular complexity index is 692. The highest BCUT2D eigenvalue weighted by molar-refractivity contribution is 7.93. The summed E-state index contributed by atoms with van der Waals surface area (Å²) in [6, 6.07) is 1.47. The maximum absolute atomic E-state index is 12.0. The van der Waals surface area contributed by atoms with Crippen molar-refractivity contribution in [2.24, 2.45) is 0 Å². The summed E-state index contributed by atoms with van der Waals surface area (Å²) in [4.78, 5) is 18.0. The fourth-order valence-corrected chi connectivity index (χ4v) is 3.61. The standard InChI is InChI=1S/C12H15N3O4S2/c1-19-11(16)4-2-3-9-8-20-12(14-9)15-21(17,18)10-5-6-13-7-10/h5-8,13H,2-4H2,1H3,(H,14,15). The van der Waals surface area contributed by atoms with Gasteiger partial charge in [0.15, 0.2) is 5.13 Å². The largest absolute Gasteiger partial charge is 0.469 e. The Morgan fingerprint density at radius 3 is 3.00 bits per heavy atom. The topological polar surface area (TPSA) is 101 Å². The second-order valence-corrected chi connectivity index (χ2v) is 6.77. The zero-order valence-corrected chi connectivity index (χ0v) is 13.0. The van der Waals surface area contributed by atoms with Gasteiger partial charge in [0.1, 0.15) is 4.90 Å². The summed E-state index contributed by atoms with van der Waals surface area (Å²) in [5.41, 5.74) is 0.746. The second-order valence-electron chi connectivity index (χ2n) is 4.23. The summed E-state index contributed by atoms with van der Waals surface area (Å²) in [6.07, 6.45) is 4.46. The summed E-state index contributed by atoms with van der Waals surface area (Å²) >= 11 is 1.21. The molecule has 114 valence electrons. The summed E-state index contributed by atoms with van der Waals surface area (Å²) in [5.74, 6) is -0.265. The van der Waals surface area contributed by atoms with Gasteiger partial charge >= 0.3 is 5.97 Å². The van der Waals surface area contributed by atoms with E-state index in [1.165, 1.54) is 36.9 Å². The van der Waals surface area contributed by atoms with Crippen LogP contribution in [0.15, 0.2) is 28.7 Å². The van der Waals surface area contributed by atoms with E-state index in [1.54, 1.807) is 5.38 Å². The molecule has 0 saturated carbocycles. The van der Waals surface area contributed by atoms with E-state index in [2.05, 4.69) is 19.4 Å². The molecule has 0 atom stereocenters. The molecule has 0 saturated heterocycles. The molecule has 0 radical (unpaired) electrons. The van der Waals surface area contributed by atoms with Crippen LogP contribution >= 0.6 is 11.3 Å². The number of hydrogen-bond donors (Lipinski definition) is 2. The number of nitrogens with zero attached hydrogens (tertiary/aromatic N) is 1. The smallest absolute Gasteiger partial charge is 0.305 e. The maximum Gasteiger partial charge on any atom is 0.305 e. The molecule has 21 heavy (non-hydrogen) atoms. The molecule has 0 amide bonds. The van der Waals surface area contributed by atoms with Crippen molar-refractivity contribution in [3.05, 3.63) is 29.5 Å². The molecule has 9 heteroatoms. The van der Waals surface area contributed by atoms with Crippen molar-refractivity contribution in [1.29, 1.82) is 0 Å². The molecule has 0 bridgehead atoms. The minimum atomic E-state index is -3.60. The molecule has 0 aliphatic carbocycles. The molecule has 2 aromatic rings. The van der Waals surface area contributed by atoms with E-state index < -0.39 is 10.0 Å². The Hall–Kier alpha value is -1.87. The minimum Gasteiger partial charge on any atom is -0.469 e. The van der Waals surface area contributed by atoms with Gasteiger partial charge < -0.3 is 9.72 Å². The molecule has 0 aromatic carbocycles. The number of carbonyl (C=O) groups is 1. The molecule has 0 fully saturated rings. The van der Waals surface area contributed by atoms with Gasteiger partial charge in [0.05, 0.1) is 12.8 Å². The molecular weight excluding hydrogens is 314 g/mol. The average Bonchev–Trinajstić information content (AvgIpc) is 3.09. The van der Waals surface area contributed by atoms with E-state index >= 15 is 0 Å². The van der Waals surface area contributed by atoms with Gasteiger partial charge in [-0.05, 0) is 18.9 Å². The van der Waals surface area contributed by atoms with Gasteiger partial charge in [-0.3, -0.25) is 9.52 Å². The summed E-state index contributed by atoms with van der Waals surface area (Å²) in [6.45, 7) is 0. The zero-order chi connectivity index (χ0) is 15.3. The van der Waals surface area contributed by atoms with Gasteiger partial charge in [0.2, 0.25) is 0 Å². The van der Waals surface area contributed by atoms with Crippen molar-refractivity contribution in [3.8, 4) is 0 Å². The molecule has 2 aromatic heterocycles. The number of H-pyrrole nitrogens is 1. The summed E-state index contributed by atoms with van der Waals surface area (Å²) in [7, 11) is -2.26. The number of aromatic amines is 1. The van der Waals surface area contributed by atoms with Gasteiger partial charge in [-0.1, -0.05) is 0 Å². The van der Waals surface area contributed by atoms with Crippen LogP contribution in [0.2, 0.25) is 0 Å². The van der Waals surface area contributed by atoms with Crippen LogP contribution in [0.25, 0.3) is 0 Å². The van der Waals surface area contributed by atoms with E-state index in [0.29, 0.717) is 24.4 Å². The number of esters is 1. The molecular formula is C12H15N3O4S2. The molecule has 0 aliphatic rings. The summed E-state index contributed by atoms with van der Waals surface area (Å²) < 4.78 is 30.9. The van der Waals surface area contributed by atoms with Gasteiger partial charge in [0, 0.05) is 24.2 Å². The first kappa shape index (κ1) is 15.5. The number of thiazole rings is 1. The molecule has 2 N–H and O–H groups in total. The number of aromatic nitrogens is 2. The lowest BCUT2D eigenvalue weighted by molar-refractivity contribution is -0.140. The Morgan fingerprint density at radius 2 is 2.33 bits per heavy atom. The lowest BCUT2D eigenvalue weighted by atomic mass is 10.2. The lowest BCUT2D eigenvalue weighted by Gasteiger charge is -2.02. The van der Waals surface area contributed by atoms with Gasteiger partial charge in [0.25, 0.3) is 10.0 Å². The van der Waals surface area contributed by atoms with Gasteiger partial charge in [-0.25, -0.2) is 13.4 Å². The number of hydrogen-bond acceptors (Lipinski definition) is 6. The van der Waals surface area contributed by atoms with Crippen LogP contribution in [0.5, 0.6) is 0 Å². The predicted molar refractivity (Wildman–Crippen MR) is 78.7 cm³/mol. The number of methoxy groups -OCH3 is 1. The Morgan fingerprint density at radius 1 is 1.52 bits per heavy atom. The lowest BCUT2D eigenvalue weighted by Crippen LogP contribution is -2.12. The van der Waals surface area contributed by atoms with Gasteiger partial charge in [-0.2, -0.15) is 0 Å². The van der Waals surface area contributed by atoms with Crippen molar-refractivity contribution in [1.82, 2.24) is 9.97 Å². The van der Waals surface area contributed by atoms with Crippen LogP contribution < -0.4 is 4.72 Å². The normalized spacial score (nSPS) is 11.3. The SMILES string of the molecule is COC(=O)CCCc1csc(NS(=O)(=O)c2cc[nH]c2)n1. The van der Waals surface area contributed by atoms with Crippen LogP contribution in [-0.4, -0.2) is 31.5 Å². The number of rotatable bonds is 7. The van der Waals surface area contributed by atoms with Crippen molar-refractivity contribution >= 4 is 32.5 Å². The summed E-state index contributed by atoms with van der Waals surface area (Å²) in [5, 5.41) is 2.08. The van der Waals surface area contributed by atoms with Crippen molar-refractivity contribution in [2.75, 3.05) is 11.8 Å². The maximum atomic E-state index is 12.0. The Kier molecular flexibility index (Phi) is 4.97. The second kappa shape index (κ2) is 6.72. The highest BCUT2D eigenvalue weighted by atomic mass is 32.2. The Labute approximate surface area is 126 Å². The number of ether oxygens (including phenoxy) is 1. The number of carbonyl (C=O) groups excluding carboxylic acids is 1. The zero-order valence-electron chi connectivity index (χ0n) is 11.3. The quantitative estimate of drug-likeness (QED) is 0.754. The van der Waals surface area contributed by atoms with Crippen molar-refractivity contribution in [3.63, 3.8) is 0 Å². The van der Waals surface area contributed by atoms with Crippen LogP contribution in [0, 0.1) is 0 Å². The van der Waals surface area contributed by atoms with Crippen LogP contribution in [0.1, 0.15) is 18.5 Å². The first-order valence-electron chi connectivity index (χ1n) is 6.18. The molecule has 0 aliphatic heterocycles. The number of anilines is 1. The molecule has 2 rings (SSSR count). The first-order chi connectivity index (χ1) is 10.0. The monoisotopic (exact) mass is 329 g/mol. The predicted octanol–water partition coefficient (Wildman–Crippen LogP) is 1.77. The molecule has 2 heterocycles. The van der Waals surface area contributed by atoms with Crippen molar-refractivity contribution < 1.29 is 17.9 Å². The van der Waals surface area contributed by atoms with E-state index in [0.717, 1.165) is 5.69 Å². The first-order valence-corrected chi connectivity index (χ1v) is 8.54. The van der Waals surface area contributed by atoms with E-state index in [1.807, 2.05) is 0 Å². The average molecular weight is 329 g/mol. The number of nitrogens with one attached hydrogen (secondary N) is 2. The number of aryl methyl sites for hydroxylation is 1. The van der Waals surface area contributed by atoms with E-state index in [4.69, 9.17) is 0 Å².